The Bertz CT molecular complexity index is 1080. The van der Waals surface area contributed by atoms with Gasteiger partial charge in [0.05, 0.1) is 24.0 Å². The predicted molar refractivity (Wildman–Crippen MR) is 112 cm³/mol. The molecule has 6 nitrogen and oxygen atoms in total. The summed E-state index contributed by atoms with van der Waals surface area (Å²) >= 11 is 1.34. The van der Waals surface area contributed by atoms with E-state index in [4.69, 9.17) is 4.74 Å². The number of rotatable bonds is 6. The van der Waals surface area contributed by atoms with Crippen molar-refractivity contribution in [2.45, 2.75) is 36.5 Å². The van der Waals surface area contributed by atoms with Gasteiger partial charge < -0.3 is 10.1 Å². The van der Waals surface area contributed by atoms with Gasteiger partial charge in [0.1, 0.15) is 11.6 Å². The smallest absolute Gasteiger partial charge is 0.230 e. The van der Waals surface area contributed by atoms with Crippen molar-refractivity contribution in [2.24, 2.45) is 0 Å². The zero-order valence-electron chi connectivity index (χ0n) is 16.3. The lowest BCUT2D eigenvalue weighted by atomic mass is 10.0. The van der Waals surface area contributed by atoms with Crippen molar-refractivity contribution in [3.8, 4) is 17.1 Å². The number of amides is 1. The van der Waals surface area contributed by atoms with Crippen LogP contribution in [0.5, 0.6) is 5.75 Å². The molecule has 2 aliphatic rings. The Kier molecular flexibility index (Phi) is 5.16. The lowest BCUT2D eigenvalue weighted by Gasteiger charge is -2.26. The number of benzene rings is 2. The summed E-state index contributed by atoms with van der Waals surface area (Å²) in [5.74, 6) is 1.18. The highest BCUT2D eigenvalue weighted by Crippen LogP contribution is 2.41. The third-order valence-electron chi connectivity index (χ3n) is 5.32. The number of thioether (sulfide) groups is 1. The van der Waals surface area contributed by atoms with Crippen molar-refractivity contribution < 1.29 is 13.9 Å². The normalized spacial score (nSPS) is 17.8. The molecule has 0 saturated heterocycles. The summed E-state index contributed by atoms with van der Waals surface area (Å²) in [5.41, 5.74) is 1.44. The zero-order valence-corrected chi connectivity index (χ0v) is 17.1. The number of fused-ring (bicyclic) bond motifs is 1. The number of nitrogens with one attached hydrogen (secondary N) is 1. The molecule has 3 aromatic rings. The van der Waals surface area contributed by atoms with Crippen molar-refractivity contribution >= 4 is 17.7 Å². The summed E-state index contributed by atoms with van der Waals surface area (Å²) in [6, 6.07) is 14.6. The Morgan fingerprint density at radius 2 is 1.93 bits per heavy atom. The average molecular weight is 425 g/mol. The van der Waals surface area contributed by atoms with Crippen LogP contribution in [0, 0.1) is 5.82 Å². The van der Waals surface area contributed by atoms with Crippen molar-refractivity contribution in [3.63, 3.8) is 0 Å². The number of halogens is 1. The quantitative estimate of drug-likeness (QED) is 0.602. The van der Waals surface area contributed by atoms with Crippen LogP contribution in [-0.2, 0) is 4.79 Å². The highest BCUT2D eigenvalue weighted by molar-refractivity contribution is 7.99. The van der Waals surface area contributed by atoms with Gasteiger partial charge in [0.2, 0.25) is 5.91 Å². The van der Waals surface area contributed by atoms with Crippen LogP contribution in [-0.4, -0.2) is 33.0 Å². The van der Waals surface area contributed by atoms with E-state index in [1.54, 1.807) is 18.2 Å². The number of carbonyl (C=O) groups excluding carboxylic acids is 1. The molecule has 1 aliphatic heterocycles. The van der Waals surface area contributed by atoms with E-state index in [-0.39, 0.29) is 29.6 Å². The third kappa shape index (κ3) is 3.79. The van der Waals surface area contributed by atoms with Gasteiger partial charge in [0.25, 0.3) is 0 Å². The predicted octanol–water partition coefficient (Wildman–Crippen LogP) is 4.15. The van der Waals surface area contributed by atoms with Crippen molar-refractivity contribution in [2.75, 3.05) is 12.4 Å². The summed E-state index contributed by atoms with van der Waals surface area (Å²) in [7, 11) is 0. The van der Waals surface area contributed by atoms with Crippen LogP contribution in [0.25, 0.3) is 11.4 Å². The zero-order chi connectivity index (χ0) is 20.5. The van der Waals surface area contributed by atoms with Crippen molar-refractivity contribution in [1.29, 1.82) is 0 Å². The Morgan fingerprint density at radius 3 is 2.77 bits per heavy atom. The number of ether oxygens (including phenoxy) is 1. The number of hydrogen-bond donors (Lipinski definition) is 1. The molecule has 1 atom stereocenters. The van der Waals surface area contributed by atoms with Crippen LogP contribution in [0.4, 0.5) is 4.39 Å². The minimum Gasteiger partial charge on any atom is -0.493 e. The van der Waals surface area contributed by atoms with Gasteiger partial charge in [-0.3, -0.25) is 9.36 Å². The molecule has 0 radical (unpaired) electrons. The second-order valence-electron chi connectivity index (χ2n) is 7.47. The number of nitrogens with zero attached hydrogens (tertiary/aromatic N) is 3. The molecule has 30 heavy (non-hydrogen) atoms. The fourth-order valence-electron chi connectivity index (χ4n) is 3.72. The van der Waals surface area contributed by atoms with E-state index < -0.39 is 0 Å². The van der Waals surface area contributed by atoms with Gasteiger partial charge in [-0.05, 0) is 31.0 Å². The van der Waals surface area contributed by atoms with Gasteiger partial charge >= 0.3 is 0 Å². The van der Waals surface area contributed by atoms with E-state index in [2.05, 4.69) is 15.5 Å². The Morgan fingerprint density at radius 1 is 1.13 bits per heavy atom. The van der Waals surface area contributed by atoms with Gasteiger partial charge in [-0.1, -0.05) is 42.1 Å². The SMILES string of the molecule is O=C(CSc1nnc(-c2ccccc2F)n1C1CC1)NC1CCOc2ccccc21. The first-order valence-electron chi connectivity index (χ1n) is 10.0. The third-order valence-corrected chi connectivity index (χ3v) is 6.26. The molecule has 1 N–H and O–H groups in total. The van der Waals surface area contributed by atoms with Crippen LogP contribution in [0.3, 0.4) is 0 Å². The highest BCUT2D eigenvalue weighted by Gasteiger charge is 2.31. The molecular weight excluding hydrogens is 403 g/mol. The first-order valence-corrected chi connectivity index (χ1v) is 11.0. The van der Waals surface area contributed by atoms with Crippen LogP contribution >= 0.6 is 11.8 Å². The standard InChI is InChI=1S/C22H21FN4O2S/c23-17-7-3-1-5-15(17)21-25-26-22(27(21)14-9-10-14)30-13-20(28)24-18-11-12-29-19-8-4-2-6-16(18)19/h1-8,14,18H,9-13H2,(H,24,28). The fourth-order valence-corrected chi connectivity index (χ4v) is 4.54. The van der Waals surface area contributed by atoms with Gasteiger partial charge in [-0.15, -0.1) is 10.2 Å². The monoisotopic (exact) mass is 424 g/mol. The number of aromatic nitrogens is 3. The van der Waals surface area contributed by atoms with Crippen LogP contribution in [0.1, 0.15) is 36.9 Å². The molecule has 2 aromatic carbocycles. The van der Waals surface area contributed by atoms with Gasteiger partial charge in [-0.25, -0.2) is 4.39 Å². The Labute approximate surface area is 177 Å². The van der Waals surface area contributed by atoms with Gasteiger partial charge in [-0.2, -0.15) is 0 Å². The molecule has 2 heterocycles. The second-order valence-corrected chi connectivity index (χ2v) is 8.41. The fraction of sp³-hybridized carbons (Fsp3) is 0.318. The maximum Gasteiger partial charge on any atom is 0.230 e. The molecule has 1 unspecified atom stereocenters. The molecule has 0 spiro atoms. The molecule has 1 fully saturated rings. The Hall–Kier alpha value is -2.87. The Balaban J connectivity index is 1.29. The minimum absolute atomic E-state index is 0.0571. The highest BCUT2D eigenvalue weighted by atomic mass is 32.2. The minimum atomic E-state index is -0.320. The summed E-state index contributed by atoms with van der Waals surface area (Å²) in [6.45, 7) is 0.580. The number of hydrogen-bond acceptors (Lipinski definition) is 5. The van der Waals surface area contributed by atoms with E-state index in [0.29, 0.717) is 23.2 Å². The molecule has 1 aromatic heterocycles. The van der Waals surface area contributed by atoms with E-state index in [1.165, 1.54) is 17.8 Å². The first-order chi connectivity index (χ1) is 14.7. The summed E-state index contributed by atoms with van der Waals surface area (Å²) in [6.07, 6.45) is 2.76. The molecule has 1 amide bonds. The van der Waals surface area contributed by atoms with Crippen LogP contribution in [0.15, 0.2) is 53.7 Å². The molecule has 1 aliphatic carbocycles. The largest absolute Gasteiger partial charge is 0.493 e. The van der Waals surface area contributed by atoms with Gasteiger partial charge in [0.15, 0.2) is 11.0 Å². The van der Waals surface area contributed by atoms with Crippen LogP contribution in [0.2, 0.25) is 0 Å². The first kappa shape index (κ1) is 19.1. The van der Waals surface area contributed by atoms with Gasteiger partial charge in [0, 0.05) is 18.0 Å². The lowest BCUT2D eigenvalue weighted by Crippen LogP contribution is -2.33. The molecule has 0 bridgehead atoms. The topological polar surface area (TPSA) is 69.0 Å². The molecule has 154 valence electrons. The molecule has 5 rings (SSSR count). The number of carbonyl (C=O) groups is 1. The molecule has 1 saturated carbocycles. The summed E-state index contributed by atoms with van der Waals surface area (Å²) in [5, 5.41) is 12.2. The van der Waals surface area contributed by atoms with E-state index in [9.17, 15) is 9.18 Å². The van der Waals surface area contributed by atoms with Crippen LogP contribution < -0.4 is 10.1 Å². The lowest BCUT2D eigenvalue weighted by molar-refractivity contribution is -0.119. The van der Waals surface area contributed by atoms with E-state index >= 15 is 0 Å². The second kappa shape index (κ2) is 8.10. The van der Waals surface area contributed by atoms with Crippen molar-refractivity contribution in [3.05, 3.63) is 59.9 Å². The number of para-hydroxylation sites is 1. The van der Waals surface area contributed by atoms with E-state index in [1.807, 2.05) is 28.8 Å². The maximum atomic E-state index is 14.3. The maximum absolute atomic E-state index is 14.3. The molecule has 8 heteroatoms. The van der Waals surface area contributed by atoms with Crippen molar-refractivity contribution in [1.82, 2.24) is 20.1 Å². The van der Waals surface area contributed by atoms with E-state index in [0.717, 1.165) is 30.6 Å². The molecular formula is C22H21FN4O2S. The summed E-state index contributed by atoms with van der Waals surface area (Å²) < 4.78 is 21.9. The summed E-state index contributed by atoms with van der Waals surface area (Å²) in [4.78, 5) is 12.6. The average Bonchev–Trinajstić information content (AvgIpc) is 3.52.